The Hall–Kier alpha value is -3.64. The lowest BCUT2D eigenvalue weighted by Gasteiger charge is -2.35. The molecule has 13 heteroatoms. The molecule has 8 rings (SSSR count). The van der Waals surface area contributed by atoms with Crippen molar-refractivity contribution in [2.24, 2.45) is 5.92 Å². The highest BCUT2D eigenvalue weighted by molar-refractivity contribution is 6.32. The topological polar surface area (TPSA) is 103 Å². The van der Waals surface area contributed by atoms with Gasteiger partial charge in [-0.2, -0.15) is 15.1 Å². The van der Waals surface area contributed by atoms with E-state index < -0.39 is 6.17 Å². The van der Waals surface area contributed by atoms with Crippen LogP contribution < -0.4 is 14.5 Å². The number of halogens is 2. The SMILES string of the molecule is C[C@H]1C[C@H]1c1c(Cl)cc(O)cc1N1CCc2c(nc(OC[C@@]34CCCN3C[C@H](F)C4)nc2N2CCCn3nc(C(=O)N(C)C)cc3C2)C1. The minimum Gasteiger partial charge on any atom is -0.508 e. The summed E-state index contributed by atoms with van der Waals surface area (Å²) in [6.45, 7) is 7.20. The molecule has 1 saturated carbocycles. The lowest BCUT2D eigenvalue weighted by Crippen LogP contribution is -2.43. The second-order valence-corrected chi connectivity index (χ2v) is 15.1. The predicted octanol–water partition coefficient (Wildman–Crippen LogP) is 4.79. The number of ether oxygens (including phenoxy) is 1. The monoisotopic (exact) mass is 678 g/mol. The zero-order valence-corrected chi connectivity index (χ0v) is 28.7. The standard InChI is InChI=1S/C35H44ClFN8O3/c1-21-12-26(21)31-27(36)14-24(46)15-30(31)42-11-6-25-29(19-42)38-34(48-20-35-7-4-9-44(35)17-22(37)16-35)39-32(25)43-8-5-10-45-23(18-43)13-28(40-45)33(47)41(2)3/h13-15,21-22,26,46H,4-12,16-20H2,1-3H3/t21-,22+,26+,35-/m0/s1. The molecular formula is C35H44ClFN8O3. The number of amides is 1. The quantitative estimate of drug-likeness (QED) is 0.378. The molecule has 48 heavy (non-hydrogen) atoms. The Morgan fingerprint density at radius 3 is 2.75 bits per heavy atom. The number of aromatic hydroxyl groups is 1. The molecule has 2 aromatic heterocycles. The number of hydrogen-bond acceptors (Lipinski definition) is 9. The number of carbonyl (C=O) groups excluding carboxylic acids is 1. The van der Waals surface area contributed by atoms with Gasteiger partial charge in [0.05, 0.1) is 30.0 Å². The summed E-state index contributed by atoms with van der Waals surface area (Å²) in [5, 5.41) is 15.8. The van der Waals surface area contributed by atoms with Gasteiger partial charge < -0.3 is 24.5 Å². The summed E-state index contributed by atoms with van der Waals surface area (Å²) in [5.74, 6) is 1.80. The second-order valence-electron chi connectivity index (χ2n) is 14.7. The van der Waals surface area contributed by atoms with E-state index in [9.17, 15) is 14.3 Å². The molecule has 1 aliphatic carbocycles. The number of carbonyl (C=O) groups is 1. The number of nitrogens with zero attached hydrogens (tertiary/aromatic N) is 8. The average Bonchev–Trinajstić information content (AvgIpc) is 3.34. The maximum absolute atomic E-state index is 14.6. The van der Waals surface area contributed by atoms with E-state index in [2.05, 4.69) is 26.7 Å². The number of aryl methyl sites for hydroxylation is 1. The molecule has 3 aromatic rings. The van der Waals surface area contributed by atoms with E-state index in [-0.39, 0.29) is 17.2 Å². The van der Waals surface area contributed by atoms with E-state index in [1.807, 2.05) is 16.8 Å². The third-order valence-electron chi connectivity index (χ3n) is 11.1. The number of benzene rings is 1. The van der Waals surface area contributed by atoms with Gasteiger partial charge >= 0.3 is 6.01 Å². The van der Waals surface area contributed by atoms with Crippen LogP contribution in [-0.2, 0) is 26.1 Å². The largest absolute Gasteiger partial charge is 0.508 e. The molecule has 0 spiro atoms. The van der Waals surface area contributed by atoms with E-state index >= 15 is 0 Å². The van der Waals surface area contributed by atoms with Crippen molar-refractivity contribution < 1.29 is 19.0 Å². The van der Waals surface area contributed by atoms with E-state index in [1.54, 1.807) is 25.1 Å². The van der Waals surface area contributed by atoms with Gasteiger partial charge in [-0.05, 0) is 68.2 Å². The highest BCUT2D eigenvalue weighted by Gasteiger charge is 2.49. The van der Waals surface area contributed by atoms with Crippen molar-refractivity contribution >= 4 is 29.0 Å². The summed E-state index contributed by atoms with van der Waals surface area (Å²) in [7, 11) is 3.47. The van der Waals surface area contributed by atoms with Gasteiger partial charge in [-0.15, -0.1) is 0 Å². The summed E-state index contributed by atoms with van der Waals surface area (Å²) < 4.78 is 23.0. The molecular weight excluding hydrogens is 635 g/mol. The Labute approximate surface area is 285 Å². The Kier molecular flexibility index (Phi) is 7.94. The van der Waals surface area contributed by atoms with Crippen molar-refractivity contribution in [3.63, 3.8) is 0 Å². The van der Waals surface area contributed by atoms with Crippen molar-refractivity contribution in [1.29, 1.82) is 0 Å². The normalized spacial score (nSPS) is 26.6. The van der Waals surface area contributed by atoms with Gasteiger partial charge in [0.15, 0.2) is 5.69 Å². The molecule has 2 saturated heterocycles. The van der Waals surface area contributed by atoms with Gasteiger partial charge in [-0.1, -0.05) is 18.5 Å². The summed E-state index contributed by atoms with van der Waals surface area (Å²) in [6.07, 6.45) is 4.21. The molecule has 11 nitrogen and oxygen atoms in total. The molecule has 0 bridgehead atoms. The molecule has 0 unspecified atom stereocenters. The number of hydrogen-bond donors (Lipinski definition) is 1. The summed E-state index contributed by atoms with van der Waals surface area (Å²) in [6, 6.07) is 5.68. The molecule has 0 radical (unpaired) electrons. The van der Waals surface area contributed by atoms with E-state index in [0.29, 0.717) is 74.2 Å². The molecule has 4 aliphatic heterocycles. The first kappa shape index (κ1) is 31.6. The first-order chi connectivity index (χ1) is 23.1. The third-order valence-corrected chi connectivity index (χ3v) is 11.4. The number of aromatic nitrogens is 4. The second kappa shape index (κ2) is 12.0. The number of phenolic OH excluding ortho intramolecular Hbond substituents is 1. The fourth-order valence-electron chi connectivity index (χ4n) is 8.49. The maximum atomic E-state index is 14.6. The van der Waals surface area contributed by atoms with Crippen molar-refractivity contribution in [3.05, 3.63) is 51.4 Å². The van der Waals surface area contributed by atoms with Crippen LogP contribution in [0.25, 0.3) is 0 Å². The van der Waals surface area contributed by atoms with Crippen molar-refractivity contribution in [1.82, 2.24) is 29.5 Å². The lowest BCUT2D eigenvalue weighted by molar-refractivity contribution is 0.0821. The maximum Gasteiger partial charge on any atom is 0.318 e. The van der Waals surface area contributed by atoms with Crippen LogP contribution in [0, 0.1) is 5.92 Å². The zero-order valence-electron chi connectivity index (χ0n) is 28.0. The first-order valence-electron chi connectivity index (χ1n) is 17.3. The van der Waals surface area contributed by atoms with Crippen LogP contribution in [0.4, 0.5) is 15.9 Å². The van der Waals surface area contributed by atoms with Crippen LogP contribution in [0.1, 0.15) is 77.9 Å². The van der Waals surface area contributed by atoms with Crippen molar-refractivity contribution in [2.75, 3.05) is 56.7 Å². The van der Waals surface area contributed by atoms with Gasteiger partial charge in [-0.25, -0.2) is 4.39 Å². The summed E-state index contributed by atoms with van der Waals surface area (Å²) in [4.78, 5) is 31.2. The zero-order chi connectivity index (χ0) is 33.3. The van der Waals surface area contributed by atoms with Crippen LogP contribution in [0.3, 0.4) is 0 Å². The average molecular weight is 679 g/mol. The Morgan fingerprint density at radius 2 is 1.96 bits per heavy atom. The number of rotatable bonds is 7. The van der Waals surface area contributed by atoms with E-state index in [4.69, 9.17) is 26.3 Å². The molecule has 1 N–H and O–H groups in total. The molecule has 1 aromatic carbocycles. The number of anilines is 2. The van der Waals surface area contributed by atoms with Crippen LogP contribution in [0.2, 0.25) is 5.02 Å². The smallest absolute Gasteiger partial charge is 0.318 e. The molecule has 256 valence electrons. The van der Waals surface area contributed by atoms with Gasteiger partial charge in [0.1, 0.15) is 24.3 Å². The molecule has 5 aliphatic rings. The van der Waals surface area contributed by atoms with Crippen LogP contribution in [0.5, 0.6) is 11.8 Å². The molecule has 1 amide bonds. The summed E-state index contributed by atoms with van der Waals surface area (Å²) in [5.41, 5.74) is 5.10. The van der Waals surface area contributed by atoms with Gasteiger partial charge in [0.2, 0.25) is 0 Å². The minimum atomic E-state index is -0.841. The fourth-order valence-corrected chi connectivity index (χ4v) is 8.84. The number of fused-ring (bicyclic) bond motifs is 3. The third kappa shape index (κ3) is 5.64. The van der Waals surface area contributed by atoms with Crippen LogP contribution >= 0.6 is 11.6 Å². The van der Waals surface area contributed by atoms with Gasteiger partial charge in [0.25, 0.3) is 5.91 Å². The molecule has 4 atom stereocenters. The number of phenols is 1. The molecule has 3 fully saturated rings. The fraction of sp³-hybridized carbons (Fsp3) is 0.600. The molecule has 6 heterocycles. The number of alkyl halides is 1. The van der Waals surface area contributed by atoms with Crippen LogP contribution in [-0.4, -0.2) is 99.2 Å². The Morgan fingerprint density at radius 1 is 1.12 bits per heavy atom. The first-order valence-corrected chi connectivity index (χ1v) is 17.7. The highest BCUT2D eigenvalue weighted by atomic mass is 35.5. The minimum absolute atomic E-state index is 0.118. The van der Waals surface area contributed by atoms with Crippen LogP contribution in [0.15, 0.2) is 18.2 Å². The Bertz CT molecular complexity index is 1750. The lowest BCUT2D eigenvalue weighted by atomic mass is 9.95. The van der Waals surface area contributed by atoms with E-state index in [0.717, 1.165) is 79.3 Å². The van der Waals surface area contributed by atoms with Gasteiger partial charge in [0, 0.05) is 69.0 Å². The summed E-state index contributed by atoms with van der Waals surface area (Å²) >= 11 is 6.76. The highest BCUT2D eigenvalue weighted by Crippen LogP contribution is 2.53. The Balaban J connectivity index is 1.14. The van der Waals surface area contributed by atoms with E-state index in [1.165, 1.54) is 0 Å². The van der Waals surface area contributed by atoms with Crippen molar-refractivity contribution in [3.8, 4) is 11.8 Å². The van der Waals surface area contributed by atoms with Gasteiger partial charge in [-0.3, -0.25) is 14.4 Å². The predicted molar refractivity (Wildman–Crippen MR) is 181 cm³/mol. The van der Waals surface area contributed by atoms with Crippen molar-refractivity contribution in [2.45, 2.75) is 82.7 Å².